The standard InChI is InChI=1S/C18H19FN2O3/c1-2-24-16-13(9-6-10-14(16)19)18(23)21-15(17(20)22)11-12-7-4-3-5-8-12/h3-10,15H,2,11H2,1H3,(H2,20,22)(H,21,23)/t15-/m0/s1. The first kappa shape index (κ1) is 17.5. The Hall–Kier alpha value is -2.89. The summed E-state index contributed by atoms with van der Waals surface area (Å²) in [6.45, 7) is 1.90. The Kier molecular flexibility index (Phi) is 5.89. The van der Waals surface area contributed by atoms with E-state index in [0.29, 0.717) is 0 Å². The lowest BCUT2D eigenvalue weighted by atomic mass is 10.0. The van der Waals surface area contributed by atoms with Crippen LogP contribution in [0.4, 0.5) is 4.39 Å². The first-order valence-corrected chi connectivity index (χ1v) is 7.58. The van der Waals surface area contributed by atoms with Gasteiger partial charge in [0.05, 0.1) is 12.2 Å². The van der Waals surface area contributed by atoms with Crippen LogP contribution in [0.5, 0.6) is 5.75 Å². The number of ether oxygens (including phenoxy) is 1. The number of carbonyl (C=O) groups is 2. The van der Waals surface area contributed by atoms with E-state index in [9.17, 15) is 14.0 Å². The van der Waals surface area contributed by atoms with Crippen molar-refractivity contribution in [3.63, 3.8) is 0 Å². The summed E-state index contributed by atoms with van der Waals surface area (Å²) < 4.78 is 19.0. The van der Waals surface area contributed by atoms with E-state index in [1.807, 2.05) is 30.3 Å². The highest BCUT2D eigenvalue weighted by Crippen LogP contribution is 2.22. The normalized spacial score (nSPS) is 11.6. The number of rotatable bonds is 7. The molecule has 0 aliphatic heterocycles. The van der Waals surface area contributed by atoms with Gasteiger partial charge in [0.2, 0.25) is 5.91 Å². The van der Waals surface area contributed by atoms with Crippen molar-refractivity contribution in [1.29, 1.82) is 0 Å². The van der Waals surface area contributed by atoms with E-state index in [1.165, 1.54) is 18.2 Å². The first-order chi connectivity index (χ1) is 11.5. The molecule has 126 valence electrons. The minimum Gasteiger partial charge on any atom is -0.490 e. The number of hydrogen-bond donors (Lipinski definition) is 2. The molecule has 0 spiro atoms. The molecule has 0 saturated heterocycles. The van der Waals surface area contributed by atoms with Crippen LogP contribution < -0.4 is 15.8 Å². The SMILES string of the molecule is CCOc1c(F)cccc1C(=O)N[C@@H](Cc1ccccc1)C(N)=O. The van der Waals surface area contributed by atoms with E-state index in [1.54, 1.807) is 6.92 Å². The summed E-state index contributed by atoms with van der Waals surface area (Å²) in [4.78, 5) is 24.1. The Morgan fingerprint density at radius 2 is 1.88 bits per heavy atom. The molecular formula is C18H19FN2O3. The van der Waals surface area contributed by atoms with Gasteiger partial charge < -0.3 is 15.8 Å². The molecule has 5 nitrogen and oxygen atoms in total. The molecule has 0 aliphatic rings. The summed E-state index contributed by atoms with van der Waals surface area (Å²) >= 11 is 0. The van der Waals surface area contributed by atoms with Crippen molar-refractivity contribution in [1.82, 2.24) is 5.32 Å². The molecule has 2 amide bonds. The summed E-state index contributed by atoms with van der Waals surface area (Å²) in [7, 11) is 0. The predicted octanol–water partition coefficient (Wildman–Crippen LogP) is 2.05. The predicted molar refractivity (Wildman–Crippen MR) is 88.2 cm³/mol. The van der Waals surface area contributed by atoms with E-state index in [0.717, 1.165) is 5.56 Å². The molecule has 2 aromatic carbocycles. The minimum atomic E-state index is -0.905. The average Bonchev–Trinajstić information content (AvgIpc) is 2.57. The molecule has 1 atom stereocenters. The lowest BCUT2D eigenvalue weighted by molar-refractivity contribution is -0.119. The number of halogens is 1. The minimum absolute atomic E-state index is 0.0242. The molecule has 3 N–H and O–H groups in total. The molecule has 0 bridgehead atoms. The number of nitrogens with two attached hydrogens (primary N) is 1. The summed E-state index contributed by atoms with van der Waals surface area (Å²) in [5.74, 6) is -2.05. The van der Waals surface area contributed by atoms with Crippen molar-refractivity contribution in [2.24, 2.45) is 5.73 Å². The molecule has 24 heavy (non-hydrogen) atoms. The Morgan fingerprint density at radius 3 is 2.50 bits per heavy atom. The van der Waals surface area contributed by atoms with Crippen LogP contribution in [0.2, 0.25) is 0 Å². The molecule has 0 fully saturated rings. The van der Waals surface area contributed by atoms with Gasteiger partial charge in [-0.3, -0.25) is 9.59 Å². The highest BCUT2D eigenvalue weighted by Gasteiger charge is 2.22. The van der Waals surface area contributed by atoms with Crippen LogP contribution in [0.3, 0.4) is 0 Å². The van der Waals surface area contributed by atoms with E-state index in [2.05, 4.69) is 5.32 Å². The van der Waals surface area contributed by atoms with Crippen molar-refractivity contribution in [2.45, 2.75) is 19.4 Å². The van der Waals surface area contributed by atoms with Gasteiger partial charge in [-0.2, -0.15) is 0 Å². The maximum absolute atomic E-state index is 13.8. The van der Waals surface area contributed by atoms with Gasteiger partial charge in [0.1, 0.15) is 6.04 Å². The average molecular weight is 330 g/mol. The van der Waals surface area contributed by atoms with Crippen molar-refractivity contribution in [3.8, 4) is 5.75 Å². The molecule has 0 unspecified atom stereocenters. The summed E-state index contributed by atoms with van der Waals surface area (Å²) in [6, 6.07) is 12.3. The smallest absolute Gasteiger partial charge is 0.255 e. The maximum Gasteiger partial charge on any atom is 0.255 e. The summed E-state index contributed by atoms with van der Waals surface area (Å²) in [5, 5.41) is 2.55. The second kappa shape index (κ2) is 8.10. The third-order valence-corrected chi connectivity index (χ3v) is 3.43. The van der Waals surface area contributed by atoms with Crippen LogP contribution in [0.1, 0.15) is 22.8 Å². The van der Waals surface area contributed by atoms with Crippen LogP contribution >= 0.6 is 0 Å². The third kappa shape index (κ3) is 4.32. The molecular weight excluding hydrogens is 311 g/mol. The Balaban J connectivity index is 2.19. The van der Waals surface area contributed by atoms with E-state index < -0.39 is 23.7 Å². The second-order valence-electron chi connectivity index (χ2n) is 5.17. The third-order valence-electron chi connectivity index (χ3n) is 3.43. The molecule has 0 saturated carbocycles. The quantitative estimate of drug-likeness (QED) is 0.815. The number of primary amides is 1. The monoisotopic (exact) mass is 330 g/mol. The number of hydrogen-bond acceptors (Lipinski definition) is 3. The zero-order valence-corrected chi connectivity index (χ0v) is 13.3. The topological polar surface area (TPSA) is 81.4 Å². The zero-order chi connectivity index (χ0) is 17.5. The molecule has 0 radical (unpaired) electrons. The summed E-state index contributed by atoms with van der Waals surface area (Å²) in [6.07, 6.45) is 0.251. The van der Waals surface area contributed by atoms with Crippen molar-refractivity contribution in [3.05, 3.63) is 65.5 Å². The summed E-state index contributed by atoms with van der Waals surface area (Å²) in [5.41, 5.74) is 6.26. The molecule has 6 heteroatoms. The molecule has 0 aromatic heterocycles. The maximum atomic E-state index is 13.8. The Bertz CT molecular complexity index is 719. The van der Waals surface area contributed by atoms with E-state index in [-0.39, 0.29) is 24.3 Å². The first-order valence-electron chi connectivity index (χ1n) is 7.58. The van der Waals surface area contributed by atoms with Gasteiger partial charge in [0.15, 0.2) is 11.6 Å². The van der Waals surface area contributed by atoms with E-state index in [4.69, 9.17) is 10.5 Å². The number of nitrogens with one attached hydrogen (secondary N) is 1. The van der Waals surface area contributed by atoms with Crippen molar-refractivity contribution < 1.29 is 18.7 Å². The number of benzene rings is 2. The van der Waals surface area contributed by atoms with Crippen LogP contribution in [0.15, 0.2) is 48.5 Å². The highest BCUT2D eigenvalue weighted by atomic mass is 19.1. The fourth-order valence-electron chi connectivity index (χ4n) is 2.29. The molecule has 2 aromatic rings. The van der Waals surface area contributed by atoms with Gasteiger partial charge in [0, 0.05) is 6.42 Å². The molecule has 0 heterocycles. The van der Waals surface area contributed by atoms with Crippen LogP contribution in [-0.2, 0) is 11.2 Å². The van der Waals surface area contributed by atoms with Crippen LogP contribution in [0, 0.1) is 5.82 Å². The fraction of sp³-hybridized carbons (Fsp3) is 0.222. The van der Waals surface area contributed by atoms with Crippen molar-refractivity contribution in [2.75, 3.05) is 6.61 Å². The van der Waals surface area contributed by atoms with Crippen molar-refractivity contribution >= 4 is 11.8 Å². The van der Waals surface area contributed by atoms with Crippen LogP contribution in [0.25, 0.3) is 0 Å². The lowest BCUT2D eigenvalue weighted by Gasteiger charge is -2.17. The Morgan fingerprint density at radius 1 is 1.17 bits per heavy atom. The number of para-hydroxylation sites is 1. The lowest BCUT2D eigenvalue weighted by Crippen LogP contribution is -2.46. The molecule has 2 rings (SSSR count). The largest absolute Gasteiger partial charge is 0.490 e. The van der Waals surface area contributed by atoms with Crippen LogP contribution in [-0.4, -0.2) is 24.5 Å². The van der Waals surface area contributed by atoms with E-state index >= 15 is 0 Å². The highest BCUT2D eigenvalue weighted by molar-refractivity contribution is 5.99. The van der Waals surface area contributed by atoms with Gasteiger partial charge in [-0.15, -0.1) is 0 Å². The van der Waals surface area contributed by atoms with Gasteiger partial charge in [-0.25, -0.2) is 4.39 Å². The van der Waals surface area contributed by atoms with Gasteiger partial charge in [0.25, 0.3) is 5.91 Å². The number of carbonyl (C=O) groups excluding carboxylic acids is 2. The van der Waals surface area contributed by atoms with Gasteiger partial charge in [-0.1, -0.05) is 36.4 Å². The van der Waals surface area contributed by atoms with Gasteiger partial charge in [-0.05, 0) is 24.6 Å². The second-order valence-corrected chi connectivity index (χ2v) is 5.17. The Labute approximate surface area is 139 Å². The molecule has 0 aliphatic carbocycles. The number of amides is 2. The van der Waals surface area contributed by atoms with Gasteiger partial charge >= 0.3 is 0 Å². The fourth-order valence-corrected chi connectivity index (χ4v) is 2.29. The zero-order valence-electron chi connectivity index (χ0n) is 13.3.